The Balaban J connectivity index is 1.94. The first kappa shape index (κ1) is 16.7. The minimum absolute atomic E-state index is 0.181. The molecule has 0 amide bonds. The molecule has 1 fully saturated rings. The number of aryl methyl sites for hydroxylation is 1. The Bertz CT molecular complexity index is 816. The molecular weight excluding hydrogens is 326 g/mol. The number of benzene rings is 2. The number of nitrogens with one attached hydrogen (secondary N) is 1. The fraction of sp³-hybridized carbons (Fsp3) is 0.278. The molecule has 2 aromatic rings. The normalized spacial score (nSPS) is 19.0. The predicted octanol–water partition coefficient (Wildman–Crippen LogP) is 2.58. The Kier molecular flexibility index (Phi) is 4.69. The van der Waals surface area contributed by atoms with E-state index < -0.39 is 22.0 Å². The first-order chi connectivity index (χ1) is 11.5. The number of hydrogen-bond acceptors (Lipinski definition) is 4. The van der Waals surface area contributed by atoms with Gasteiger partial charge in [0.05, 0.1) is 23.5 Å². The molecule has 0 aromatic heterocycles. The summed E-state index contributed by atoms with van der Waals surface area (Å²) in [6, 6.07) is 15.1. The molecule has 5 nitrogen and oxygen atoms in total. The summed E-state index contributed by atoms with van der Waals surface area (Å²) < 4.78 is 33.2. The van der Waals surface area contributed by atoms with Gasteiger partial charge >= 0.3 is 5.97 Å². The summed E-state index contributed by atoms with van der Waals surface area (Å²) in [6.45, 7) is 2.21. The van der Waals surface area contributed by atoms with Gasteiger partial charge in [0.2, 0.25) is 10.0 Å². The molecule has 24 heavy (non-hydrogen) atoms. The van der Waals surface area contributed by atoms with Crippen LogP contribution in [0.15, 0.2) is 59.5 Å². The maximum Gasteiger partial charge on any atom is 0.311 e. The highest BCUT2D eigenvalue weighted by molar-refractivity contribution is 7.89. The van der Waals surface area contributed by atoms with Crippen LogP contribution in [0.3, 0.4) is 0 Å². The standard InChI is InChI=1S/C18H19NO4S/c1-13-7-9-15(10-8-13)24(21,22)19-17(14-5-3-2-4-6-14)16-11-12-23-18(16)20/h2-10,16-17,19H,11-12H2,1H3. The van der Waals surface area contributed by atoms with Crippen molar-refractivity contribution in [1.29, 1.82) is 0 Å². The van der Waals surface area contributed by atoms with Gasteiger partial charge in [-0.1, -0.05) is 48.0 Å². The molecule has 2 unspecified atom stereocenters. The topological polar surface area (TPSA) is 72.5 Å². The molecule has 1 saturated heterocycles. The molecule has 0 bridgehead atoms. The number of carbonyl (C=O) groups excluding carboxylic acids is 1. The van der Waals surface area contributed by atoms with Crippen LogP contribution in [-0.2, 0) is 19.6 Å². The molecule has 126 valence electrons. The maximum absolute atomic E-state index is 12.7. The van der Waals surface area contributed by atoms with Crippen molar-refractivity contribution in [3.63, 3.8) is 0 Å². The van der Waals surface area contributed by atoms with Crippen LogP contribution < -0.4 is 4.72 Å². The fourth-order valence-corrected chi connectivity index (χ4v) is 4.07. The van der Waals surface area contributed by atoms with E-state index in [0.29, 0.717) is 13.0 Å². The molecule has 2 atom stereocenters. The van der Waals surface area contributed by atoms with E-state index in [0.717, 1.165) is 11.1 Å². The smallest absolute Gasteiger partial charge is 0.311 e. The zero-order valence-electron chi connectivity index (χ0n) is 13.3. The van der Waals surface area contributed by atoms with E-state index >= 15 is 0 Å². The number of sulfonamides is 1. The van der Waals surface area contributed by atoms with Crippen molar-refractivity contribution in [1.82, 2.24) is 4.72 Å². The van der Waals surface area contributed by atoms with Crippen LogP contribution in [-0.4, -0.2) is 21.0 Å². The predicted molar refractivity (Wildman–Crippen MR) is 89.7 cm³/mol. The van der Waals surface area contributed by atoms with Gasteiger partial charge in [0.15, 0.2) is 0 Å². The second-order valence-electron chi connectivity index (χ2n) is 5.89. The summed E-state index contributed by atoms with van der Waals surface area (Å²) in [5.74, 6) is -0.886. The number of cyclic esters (lactones) is 1. The van der Waals surface area contributed by atoms with E-state index in [1.54, 1.807) is 24.3 Å². The lowest BCUT2D eigenvalue weighted by Crippen LogP contribution is -2.35. The number of rotatable bonds is 5. The molecule has 0 spiro atoms. The van der Waals surface area contributed by atoms with Gasteiger partial charge in [-0.25, -0.2) is 13.1 Å². The lowest BCUT2D eigenvalue weighted by atomic mass is 9.93. The molecule has 1 aliphatic heterocycles. The zero-order valence-corrected chi connectivity index (χ0v) is 14.1. The molecule has 1 aliphatic rings. The summed E-state index contributed by atoms with van der Waals surface area (Å²) >= 11 is 0. The van der Waals surface area contributed by atoms with E-state index in [2.05, 4.69) is 4.72 Å². The summed E-state index contributed by atoms with van der Waals surface area (Å²) in [4.78, 5) is 12.2. The number of ether oxygens (including phenoxy) is 1. The number of carbonyl (C=O) groups is 1. The van der Waals surface area contributed by atoms with Crippen LogP contribution in [0.4, 0.5) is 0 Å². The Labute approximate surface area is 141 Å². The monoisotopic (exact) mass is 345 g/mol. The third-order valence-corrected chi connectivity index (χ3v) is 5.61. The van der Waals surface area contributed by atoms with E-state index in [1.807, 2.05) is 37.3 Å². The van der Waals surface area contributed by atoms with Crippen molar-refractivity contribution in [3.05, 3.63) is 65.7 Å². The quantitative estimate of drug-likeness (QED) is 0.846. The van der Waals surface area contributed by atoms with E-state index in [4.69, 9.17) is 4.74 Å². The largest absolute Gasteiger partial charge is 0.465 e. The molecule has 1 N–H and O–H groups in total. The molecule has 0 saturated carbocycles. The van der Waals surface area contributed by atoms with E-state index in [1.165, 1.54) is 0 Å². The first-order valence-electron chi connectivity index (χ1n) is 7.78. The maximum atomic E-state index is 12.7. The van der Waals surface area contributed by atoms with Crippen molar-refractivity contribution in [2.45, 2.75) is 24.3 Å². The molecule has 2 aromatic carbocycles. The van der Waals surface area contributed by atoms with E-state index in [-0.39, 0.29) is 10.9 Å². The average molecular weight is 345 g/mol. The third-order valence-electron chi connectivity index (χ3n) is 4.15. The molecule has 1 heterocycles. The van der Waals surface area contributed by atoms with Gasteiger partial charge in [-0.15, -0.1) is 0 Å². The number of hydrogen-bond donors (Lipinski definition) is 1. The summed E-state index contributed by atoms with van der Waals surface area (Å²) in [6.07, 6.45) is 0.495. The lowest BCUT2D eigenvalue weighted by Gasteiger charge is -2.22. The minimum Gasteiger partial charge on any atom is -0.465 e. The van der Waals surface area contributed by atoms with Gasteiger partial charge in [0.1, 0.15) is 0 Å². The van der Waals surface area contributed by atoms with Crippen LogP contribution in [0.5, 0.6) is 0 Å². The summed E-state index contributed by atoms with van der Waals surface area (Å²) in [5, 5.41) is 0. The zero-order chi connectivity index (χ0) is 17.2. The highest BCUT2D eigenvalue weighted by atomic mass is 32.2. The highest BCUT2D eigenvalue weighted by Crippen LogP contribution is 2.31. The Morgan fingerprint density at radius 2 is 1.75 bits per heavy atom. The first-order valence-corrected chi connectivity index (χ1v) is 9.26. The molecule has 0 radical (unpaired) electrons. The molecule has 6 heteroatoms. The van der Waals surface area contributed by atoms with E-state index in [9.17, 15) is 13.2 Å². The fourth-order valence-electron chi connectivity index (χ4n) is 2.81. The average Bonchev–Trinajstić information content (AvgIpc) is 3.00. The Morgan fingerprint density at radius 1 is 1.08 bits per heavy atom. The highest BCUT2D eigenvalue weighted by Gasteiger charge is 2.37. The van der Waals surface area contributed by atoms with Crippen molar-refractivity contribution in [2.75, 3.05) is 6.61 Å². The minimum atomic E-state index is -3.74. The SMILES string of the molecule is Cc1ccc(S(=O)(=O)NC(c2ccccc2)C2CCOC2=O)cc1. The van der Waals surface area contributed by atoms with Crippen LogP contribution in [0.25, 0.3) is 0 Å². The van der Waals surface area contributed by atoms with Gasteiger partial charge in [-0.3, -0.25) is 4.79 Å². The van der Waals surface area contributed by atoms with Gasteiger partial charge in [-0.2, -0.15) is 0 Å². The van der Waals surface area contributed by atoms with Crippen LogP contribution in [0.1, 0.15) is 23.6 Å². The van der Waals surface area contributed by atoms with Gasteiger partial charge < -0.3 is 4.74 Å². The van der Waals surface area contributed by atoms with Gasteiger partial charge in [0, 0.05) is 0 Å². The van der Waals surface area contributed by atoms with Crippen molar-refractivity contribution < 1.29 is 17.9 Å². The summed E-state index contributed by atoms with van der Waals surface area (Å²) in [5.41, 5.74) is 1.73. The van der Waals surface area contributed by atoms with Gasteiger partial charge in [0.25, 0.3) is 0 Å². The van der Waals surface area contributed by atoms with Crippen molar-refractivity contribution in [3.8, 4) is 0 Å². The summed E-state index contributed by atoms with van der Waals surface area (Å²) in [7, 11) is -3.74. The van der Waals surface area contributed by atoms with Crippen LogP contribution in [0.2, 0.25) is 0 Å². The molecular formula is C18H19NO4S. The Hall–Kier alpha value is -2.18. The molecule has 3 rings (SSSR count). The molecule has 0 aliphatic carbocycles. The van der Waals surface area contributed by atoms with Crippen LogP contribution in [0, 0.1) is 12.8 Å². The lowest BCUT2D eigenvalue weighted by molar-refractivity contribution is -0.141. The van der Waals surface area contributed by atoms with Crippen molar-refractivity contribution >= 4 is 16.0 Å². The van der Waals surface area contributed by atoms with Gasteiger partial charge in [-0.05, 0) is 31.0 Å². The second kappa shape index (κ2) is 6.75. The van der Waals surface area contributed by atoms with Crippen LogP contribution >= 0.6 is 0 Å². The number of esters is 1. The van der Waals surface area contributed by atoms with Crippen molar-refractivity contribution in [2.24, 2.45) is 5.92 Å². The Morgan fingerprint density at radius 3 is 2.33 bits per heavy atom. The third kappa shape index (κ3) is 3.49. The second-order valence-corrected chi connectivity index (χ2v) is 7.60.